The van der Waals surface area contributed by atoms with E-state index >= 15 is 0 Å². The molecule has 7 unspecified atom stereocenters. The Labute approximate surface area is 473 Å². The largest absolute Gasteiger partial charge is 0.394 e. The maximum Gasteiger partial charge on any atom is 0.220 e. The van der Waals surface area contributed by atoms with Crippen LogP contribution in [0.3, 0.4) is 0 Å². The summed E-state index contributed by atoms with van der Waals surface area (Å²) in [5.74, 6) is -0.206. The Morgan fingerprint density at radius 3 is 1.25 bits per heavy atom. The van der Waals surface area contributed by atoms with Crippen molar-refractivity contribution in [3.05, 3.63) is 85.1 Å². The van der Waals surface area contributed by atoms with Crippen LogP contribution in [0.25, 0.3) is 0 Å². The molecule has 1 saturated heterocycles. The number of carbonyl (C=O) groups is 1. The molecule has 6 N–H and O–H groups in total. The Morgan fingerprint density at radius 2 is 0.818 bits per heavy atom. The van der Waals surface area contributed by atoms with Crippen LogP contribution >= 0.6 is 0 Å². The molecule has 9 nitrogen and oxygen atoms in total. The quantitative estimate of drug-likeness (QED) is 0.0261. The van der Waals surface area contributed by atoms with E-state index in [0.29, 0.717) is 6.42 Å². The minimum absolute atomic E-state index is 0.206. The zero-order chi connectivity index (χ0) is 55.8. The number of aliphatic hydroxyl groups excluding tert-OH is 5. The Bertz CT molecular complexity index is 1490. The van der Waals surface area contributed by atoms with Crippen molar-refractivity contribution in [1.29, 1.82) is 0 Å². The molecule has 0 aromatic rings. The summed E-state index contributed by atoms with van der Waals surface area (Å²) in [4.78, 5) is 13.1. The van der Waals surface area contributed by atoms with E-state index in [0.717, 1.165) is 89.9 Å². The maximum atomic E-state index is 13.1. The Morgan fingerprint density at radius 1 is 0.455 bits per heavy atom. The first-order chi connectivity index (χ1) is 37.8. The van der Waals surface area contributed by atoms with Crippen LogP contribution in [0.4, 0.5) is 0 Å². The molecule has 1 rings (SSSR count). The summed E-state index contributed by atoms with van der Waals surface area (Å²) < 4.78 is 11.3. The van der Waals surface area contributed by atoms with Crippen molar-refractivity contribution >= 4 is 5.91 Å². The van der Waals surface area contributed by atoms with Gasteiger partial charge in [0.25, 0.3) is 0 Å². The first-order valence-corrected chi connectivity index (χ1v) is 32.3. The zero-order valence-corrected chi connectivity index (χ0v) is 49.7. The van der Waals surface area contributed by atoms with Crippen molar-refractivity contribution in [2.75, 3.05) is 13.2 Å². The SMILES string of the molecule is CC/C=C\C/C=C\C/C=C\C/C=C\C/C=C\CCCCCCCC(=O)NC(COC1OC(CO)C(O)C(O)C1O)C(O)/C=C/CC/C=C/CCCCCCCCCCCCCCCCCCCCCCCCCCCCC. The third-order valence-corrected chi connectivity index (χ3v) is 15.0. The van der Waals surface area contributed by atoms with Gasteiger partial charge >= 0.3 is 0 Å². The number of unbranched alkanes of at least 4 members (excludes halogenated alkanes) is 33. The average molecular weight is 1080 g/mol. The van der Waals surface area contributed by atoms with Crippen LogP contribution in [-0.4, -0.2) is 87.5 Å². The van der Waals surface area contributed by atoms with Crippen molar-refractivity contribution in [3.63, 3.8) is 0 Å². The van der Waals surface area contributed by atoms with Crippen molar-refractivity contribution in [1.82, 2.24) is 5.32 Å². The van der Waals surface area contributed by atoms with E-state index in [1.807, 2.05) is 6.08 Å². The summed E-state index contributed by atoms with van der Waals surface area (Å²) >= 11 is 0. The second-order valence-electron chi connectivity index (χ2n) is 22.2. The van der Waals surface area contributed by atoms with E-state index in [1.54, 1.807) is 6.08 Å². The van der Waals surface area contributed by atoms with Gasteiger partial charge in [-0.2, -0.15) is 0 Å². The third kappa shape index (κ3) is 45.8. The topological polar surface area (TPSA) is 149 Å². The molecule has 77 heavy (non-hydrogen) atoms. The molecule has 0 bridgehead atoms. The van der Waals surface area contributed by atoms with Crippen molar-refractivity contribution in [3.8, 4) is 0 Å². The predicted octanol–water partition coefficient (Wildman–Crippen LogP) is 17.0. The van der Waals surface area contributed by atoms with Crippen molar-refractivity contribution < 1.29 is 39.8 Å². The van der Waals surface area contributed by atoms with Crippen LogP contribution in [0.1, 0.15) is 284 Å². The third-order valence-electron chi connectivity index (χ3n) is 15.0. The van der Waals surface area contributed by atoms with Crippen LogP contribution in [0.2, 0.25) is 0 Å². The minimum Gasteiger partial charge on any atom is -0.394 e. The number of rotatable bonds is 55. The Kier molecular flexibility index (Phi) is 53.2. The van der Waals surface area contributed by atoms with Gasteiger partial charge in [-0.1, -0.05) is 285 Å². The highest BCUT2D eigenvalue weighted by molar-refractivity contribution is 5.76. The molecule has 7 atom stereocenters. The van der Waals surface area contributed by atoms with Crippen LogP contribution in [-0.2, 0) is 14.3 Å². The highest BCUT2D eigenvalue weighted by Crippen LogP contribution is 2.23. The van der Waals surface area contributed by atoms with E-state index in [4.69, 9.17) is 9.47 Å². The number of hydrogen-bond donors (Lipinski definition) is 6. The minimum atomic E-state index is -1.58. The van der Waals surface area contributed by atoms with Gasteiger partial charge in [0.1, 0.15) is 24.4 Å². The van der Waals surface area contributed by atoms with E-state index in [1.165, 1.54) is 173 Å². The number of amides is 1. The number of nitrogens with one attached hydrogen (secondary N) is 1. The van der Waals surface area contributed by atoms with Gasteiger partial charge in [-0.05, 0) is 77.0 Å². The lowest BCUT2D eigenvalue weighted by atomic mass is 9.99. The Balaban J connectivity index is 2.19. The van der Waals surface area contributed by atoms with Gasteiger partial charge in [0.15, 0.2) is 6.29 Å². The fourth-order valence-electron chi connectivity index (χ4n) is 9.91. The number of aliphatic hydroxyl groups is 5. The summed E-state index contributed by atoms with van der Waals surface area (Å²) in [5, 5.41) is 54.6. The molecule has 0 spiro atoms. The average Bonchev–Trinajstić information content (AvgIpc) is 3.43. The molecule has 0 radical (unpaired) electrons. The van der Waals surface area contributed by atoms with Crippen LogP contribution in [0.5, 0.6) is 0 Å². The lowest BCUT2D eigenvalue weighted by molar-refractivity contribution is -0.302. The zero-order valence-electron chi connectivity index (χ0n) is 49.7. The van der Waals surface area contributed by atoms with Crippen LogP contribution in [0, 0.1) is 0 Å². The molecule has 0 aromatic carbocycles. The molecule has 1 amide bonds. The molecular weight excluding hydrogens is 959 g/mol. The van der Waals surface area contributed by atoms with Gasteiger partial charge < -0.3 is 40.3 Å². The fourth-order valence-corrected chi connectivity index (χ4v) is 9.91. The molecule has 1 fully saturated rings. The fraction of sp³-hybridized carbons (Fsp3) is 0.779. The second kappa shape index (κ2) is 56.6. The van der Waals surface area contributed by atoms with E-state index < -0.39 is 49.5 Å². The lowest BCUT2D eigenvalue weighted by Crippen LogP contribution is -2.60. The molecule has 1 heterocycles. The molecule has 0 aromatic heterocycles. The molecular formula is C68H121NO8. The first-order valence-electron chi connectivity index (χ1n) is 32.3. The van der Waals surface area contributed by atoms with Crippen molar-refractivity contribution in [2.45, 2.75) is 326 Å². The standard InChI is InChI=1S/C68H121NO8/c1-3-5-7-9-11-13-15-17-19-21-23-25-26-27-28-29-30-31-32-33-34-35-36-38-39-41-43-45-47-49-51-53-55-57-62(71)61(60-76-68-67(75)66(74)65(73)63(59-70)77-68)69-64(72)58-56-54-52-50-48-46-44-42-40-37-24-22-20-18-16-14-12-10-8-6-4-2/h6,8,12,14,18,20,24,37,42,44,47,49,55,57,61-63,65-68,70-71,73-75H,3-5,7,9-11,13,15-17,19,21-23,25-36,38-41,43,45-46,48,50-54,56,58-60H2,1-2H3,(H,69,72)/b8-6-,14-12-,20-18-,37-24-,44-42-,49-47+,57-55+. The number of carbonyl (C=O) groups excluding carboxylic acids is 1. The van der Waals surface area contributed by atoms with Crippen LogP contribution < -0.4 is 5.32 Å². The van der Waals surface area contributed by atoms with E-state index in [-0.39, 0.29) is 12.5 Å². The number of ether oxygens (including phenoxy) is 2. The highest BCUT2D eigenvalue weighted by Gasteiger charge is 2.44. The molecule has 9 heteroatoms. The van der Waals surface area contributed by atoms with Crippen molar-refractivity contribution in [2.24, 2.45) is 0 Å². The summed E-state index contributed by atoms with van der Waals surface area (Å²) in [6.45, 7) is 3.66. The van der Waals surface area contributed by atoms with E-state index in [2.05, 4.69) is 92.1 Å². The highest BCUT2D eigenvalue weighted by atomic mass is 16.7. The number of allylic oxidation sites excluding steroid dienone is 13. The normalized spacial score (nSPS) is 19.3. The Hall–Kier alpha value is -2.63. The number of hydrogen-bond acceptors (Lipinski definition) is 8. The monoisotopic (exact) mass is 1080 g/mol. The van der Waals surface area contributed by atoms with Gasteiger partial charge in [-0.15, -0.1) is 0 Å². The maximum absolute atomic E-state index is 13.1. The first kappa shape index (κ1) is 72.4. The molecule has 1 aliphatic heterocycles. The van der Waals surface area contributed by atoms with Gasteiger partial charge in [-0.3, -0.25) is 4.79 Å². The summed E-state index contributed by atoms with van der Waals surface area (Å²) in [6, 6.07) is -0.839. The van der Waals surface area contributed by atoms with Crippen LogP contribution in [0.15, 0.2) is 85.1 Å². The smallest absolute Gasteiger partial charge is 0.220 e. The molecule has 0 saturated carbocycles. The predicted molar refractivity (Wildman–Crippen MR) is 327 cm³/mol. The molecule has 446 valence electrons. The summed E-state index contributed by atoms with van der Waals surface area (Å²) in [6.07, 6.45) is 74.0. The van der Waals surface area contributed by atoms with Gasteiger partial charge in [0, 0.05) is 6.42 Å². The lowest BCUT2D eigenvalue weighted by Gasteiger charge is -2.40. The summed E-state index contributed by atoms with van der Waals surface area (Å²) in [7, 11) is 0. The molecule has 0 aliphatic carbocycles. The van der Waals surface area contributed by atoms with E-state index in [9.17, 15) is 30.3 Å². The summed E-state index contributed by atoms with van der Waals surface area (Å²) in [5.41, 5.74) is 0. The van der Waals surface area contributed by atoms with Gasteiger partial charge in [0.05, 0.1) is 25.4 Å². The second-order valence-corrected chi connectivity index (χ2v) is 22.2. The molecule has 1 aliphatic rings. The van der Waals surface area contributed by atoms with Gasteiger partial charge in [-0.25, -0.2) is 0 Å². The van der Waals surface area contributed by atoms with Gasteiger partial charge in [0.2, 0.25) is 5.91 Å².